The van der Waals surface area contributed by atoms with E-state index in [1.165, 1.54) is 0 Å². The summed E-state index contributed by atoms with van der Waals surface area (Å²) in [6.07, 6.45) is 2.92. The Bertz CT molecular complexity index is 280. The predicted octanol–water partition coefficient (Wildman–Crippen LogP) is 0.732. The lowest BCUT2D eigenvalue weighted by Gasteiger charge is -2.18. The molecule has 1 aliphatic heterocycles. The average Bonchev–Trinajstić information content (AvgIpc) is 2.47. The normalized spacial score (nSPS) is 15.2. The highest BCUT2D eigenvalue weighted by Crippen LogP contribution is 2.27. The molecule has 1 aromatic heterocycles. The number of aromatic nitrogens is 2. The molecule has 2 heterocycles. The van der Waals surface area contributed by atoms with E-state index in [9.17, 15) is 0 Å². The Morgan fingerprint density at radius 3 is 3.17 bits per heavy atom. The number of rotatable bonds is 1. The van der Waals surface area contributed by atoms with Crippen LogP contribution in [-0.2, 0) is 6.54 Å². The van der Waals surface area contributed by atoms with Gasteiger partial charge in [-0.05, 0) is 6.42 Å². The minimum atomic E-state index is 0.812. The summed E-state index contributed by atoms with van der Waals surface area (Å²) < 4.78 is 7.57. The molecule has 4 heteroatoms. The third-order valence-electron chi connectivity index (χ3n) is 1.98. The largest absolute Gasteiger partial charge is 0.476 e. The van der Waals surface area contributed by atoms with Gasteiger partial charge < -0.3 is 9.64 Å². The van der Waals surface area contributed by atoms with Crippen LogP contribution in [0.25, 0.3) is 0 Å². The Morgan fingerprint density at radius 2 is 2.42 bits per heavy atom. The summed E-state index contributed by atoms with van der Waals surface area (Å²) in [5.74, 6) is 1.83. The fraction of sp³-hybridized carbons (Fsp3) is 0.625. The lowest BCUT2D eigenvalue weighted by molar-refractivity contribution is 0.242. The fourth-order valence-electron chi connectivity index (χ4n) is 1.38. The summed E-state index contributed by atoms with van der Waals surface area (Å²) >= 11 is 0. The molecule has 4 nitrogen and oxygen atoms in total. The molecule has 0 saturated carbocycles. The Hall–Kier alpha value is -1.19. The van der Waals surface area contributed by atoms with Gasteiger partial charge in [-0.15, -0.1) is 0 Å². The van der Waals surface area contributed by atoms with Gasteiger partial charge in [0.05, 0.1) is 6.61 Å². The molecule has 12 heavy (non-hydrogen) atoms. The topological polar surface area (TPSA) is 30.3 Å². The van der Waals surface area contributed by atoms with E-state index in [1.54, 1.807) is 0 Å². The monoisotopic (exact) mass is 167 g/mol. The van der Waals surface area contributed by atoms with Gasteiger partial charge in [-0.1, -0.05) is 0 Å². The second-order valence-corrected chi connectivity index (χ2v) is 3.16. The van der Waals surface area contributed by atoms with E-state index >= 15 is 0 Å². The quantitative estimate of drug-likeness (QED) is 0.617. The minimum Gasteiger partial charge on any atom is -0.476 e. The second-order valence-electron chi connectivity index (χ2n) is 3.16. The van der Waals surface area contributed by atoms with E-state index in [0.717, 1.165) is 31.3 Å². The number of hydrogen-bond acceptors (Lipinski definition) is 3. The van der Waals surface area contributed by atoms with Gasteiger partial charge in [-0.3, -0.25) is 4.57 Å². The molecule has 0 aromatic carbocycles. The van der Waals surface area contributed by atoms with Crippen molar-refractivity contribution in [3.63, 3.8) is 0 Å². The van der Waals surface area contributed by atoms with Gasteiger partial charge in [0.15, 0.2) is 5.82 Å². The smallest absolute Gasteiger partial charge is 0.238 e. The highest BCUT2D eigenvalue weighted by molar-refractivity contribution is 5.48. The van der Waals surface area contributed by atoms with Crippen LogP contribution in [0, 0.1) is 0 Å². The van der Waals surface area contributed by atoms with Gasteiger partial charge in [0, 0.05) is 20.6 Å². The minimum absolute atomic E-state index is 0.812. The van der Waals surface area contributed by atoms with Crippen LogP contribution in [0.1, 0.15) is 6.42 Å². The molecule has 0 aliphatic carbocycles. The maximum Gasteiger partial charge on any atom is 0.238 e. The summed E-state index contributed by atoms with van der Waals surface area (Å²) in [6, 6.07) is 0. The van der Waals surface area contributed by atoms with Crippen LogP contribution in [0.3, 0.4) is 0 Å². The molecule has 1 aromatic rings. The first kappa shape index (κ1) is 7.46. The highest BCUT2D eigenvalue weighted by atomic mass is 16.5. The van der Waals surface area contributed by atoms with Crippen LogP contribution in [0.5, 0.6) is 5.88 Å². The first-order chi connectivity index (χ1) is 5.79. The Balaban J connectivity index is 2.38. The third-order valence-corrected chi connectivity index (χ3v) is 1.98. The number of ether oxygens (including phenoxy) is 1. The zero-order chi connectivity index (χ0) is 8.55. The summed E-state index contributed by atoms with van der Waals surface area (Å²) in [7, 11) is 3.95. The number of aryl methyl sites for hydroxylation is 1. The van der Waals surface area contributed by atoms with Gasteiger partial charge in [0.2, 0.25) is 5.88 Å². The van der Waals surface area contributed by atoms with E-state index in [1.807, 2.05) is 25.3 Å². The van der Waals surface area contributed by atoms with Gasteiger partial charge >= 0.3 is 0 Å². The van der Waals surface area contributed by atoms with Crippen molar-refractivity contribution in [1.82, 2.24) is 9.55 Å². The van der Waals surface area contributed by atoms with E-state index in [2.05, 4.69) is 9.55 Å². The van der Waals surface area contributed by atoms with Crippen LogP contribution in [0.15, 0.2) is 6.33 Å². The molecular weight excluding hydrogens is 154 g/mol. The molecule has 66 valence electrons. The average molecular weight is 167 g/mol. The number of hydrogen-bond donors (Lipinski definition) is 0. The molecule has 0 radical (unpaired) electrons. The summed E-state index contributed by atoms with van der Waals surface area (Å²) in [6.45, 7) is 1.84. The number of nitrogens with zero attached hydrogens (tertiary/aromatic N) is 3. The summed E-state index contributed by atoms with van der Waals surface area (Å²) in [4.78, 5) is 6.23. The summed E-state index contributed by atoms with van der Waals surface area (Å²) in [5.41, 5.74) is 0. The lowest BCUT2D eigenvalue weighted by atomic mass is 10.4. The van der Waals surface area contributed by atoms with Crippen molar-refractivity contribution in [1.29, 1.82) is 0 Å². The Labute approximate surface area is 71.8 Å². The molecule has 0 bridgehead atoms. The van der Waals surface area contributed by atoms with Crippen molar-refractivity contribution in [3.8, 4) is 5.88 Å². The van der Waals surface area contributed by atoms with Crippen molar-refractivity contribution in [3.05, 3.63) is 6.33 Å². The number of fused-ring (bicyclic) bond motifs is 1. The lowest BCUT2D eigenvalue weighted by Crippen LogP contribution is -2.16. The van der Waals surface area contributed by atoms with E-state index < -0.39 is 0 Å². The van der Waals surface area contributed by atoms with E-state index in [0.29, 0.717) is 0 Å². The Kier molecular flexibility index (Phi) is 1.67. The first-order valence-corrected chi connectivity index (χ1v) is 4.14. The molecule has 0 saturated heterocycles. The van der Waals surface area contributed by atoms with Gasteiger partial charge in [0.1, 0.15) is 6.33 Å². The van der Waals surface area contributed by atoms with E-state index in [4.69, 9.17) is 4.74 Å². The SMILES string of the molecule is CN(C)c1ncn2c1OCCC2. The molecular formula is C8H13N3O. The van der Waals surface area contributed by atoms with Crippen LogP contribution in [0.2, 0.25) is 0 Å². The molecule has 0 unspecified atom stereocenters. The second kappa shape index (κ2) is 2.69. The van der Waals surface area contributed by atoms with Crippen molar-refractivity contribution < 1.29 is 4.74 Å². The fourth-order valence-corrected chi connectivity index (χ4v) is 1.38. The van der Waals surface area contributed by atoms with Crippen molar-refractivity contribution >= 4 is 5.82 Å². The zero-order valence-corrected chi connectivity index (χ0v) is 7.45. The maximum atomic E-state index is 5.51. The maximum absolute atomic E-state index is 5.51. The van der Waals surface area contributed by atoms with Crippen molar-refractivity contribution in [2.24, 2.45) is 0 Å². The van der Waals surface area contributed by atoms with Crippen molar-refractivity contribution in [2.45, 2.75) is 13.0 Å². The number of anilines is 1. The van der Waals surface area contributed by atoms with Crippen LogP contribution in [-0.4, -0.2) is 30.3 Å². The molecule has 0 N–H and O–H groups in total. The molecule has 0 fully saturated rings. The van der Waals surface area contributed by atoms with Crippen LogP contribution in [0.4, 0.5) is 5.82 Å². The van der Waals surface area contributed by atoms with Crippen molar-refractivity contribution in [2.75, 3.05) is 25.6 Å². The van der Waals surface area contributed by atoms with E-state index in [-0.39, 0.29) is 0 Å². The molecule has 2 rings (SSSR count). The third kappa shape index (κ3) is 1.03. The number of imidazole rings is 1. The standard InChI is InChI=1S/C8H13N3O/c1-10(2)7-8-11(6-9-7)4-3-5-12-8/h6H,3-5H2,1-2H3. The van der Waals surface area contributed by atoms with Gasteiger partial charge in [-0.2, -0.15) is 0 Å². The van der Waals surface area contributed by atoms with Crippen LogP contribution < -0.4 is 9.64 Å². The predicted molar refractivity (Wildman–Crippen MR) is 46.7 cm³/mol. The first-order valence-electron chi connectivity index (χ1n) is 4.14. The molecule has 1 aliphatic rings. The molecule has 0 amide bonds. The molecule has 0 spiro atoms. The molecule has 0 atom stereocenters. The van der Waals surface area contributed by atoms with Gasteiger partial charge in [-0.25, -0.2) is 4.98 Å². The Morgan fingerprint density at radius 1 is 1.58 bits per heavy atom. The van der Waals surface area contributed by atoms with Crippen LogP contribution >= 0.6 is 0 Å². The highest BCUT2D eigenvalue weighted by Gasteiger charge is 2.16. The zero-order valence-electron chi connectivity index (χ0n) is 7.45. The summed E-state index contributed by atoms with van der Waals surface area (Å²) in [5, 5.41) is 0. The van der Waals surface area contributed by atoms with Gasteiger partial charge in [0.25, 0.3) is 0 Å².